The average molecular weight is 547 g/mol. The number of hydrogen-bond acceptors (Lipinski definition) is 0. The van der Waals surface area contributed by atoms with Crippen LogP contribution in [0, 0.1) is 0 Å². The Morgan fingerprint density at radius 2 is 0.837 bits per heavy atom. The Kier molecular flexibility index (Phi) is 5.05. The molecule has 1 aliphatic carbocycles. The molecule has 43 heavy (non-hydrogen) atoms. The van der Waals surface area contributed by atoms with Crippen LogP contribution in [0.3, 0.4) is 0 Å². The summed E-state index contributed by atoms with van der Waals surface area (Å²) in [6.45, 7) is 4.82. The Morgan fingerprint density at radius 1 is 0.372 bits per heavy atom. The molecule has 0 radical (unpaired) electrons. The second-order valence-electron chi connectivity index (χ2n) is 12.4. The van der Waals surface area contributed by atoms with E-state index in [0.717, 1.165) is 0 Å². The molecule has 1 aliphatic rings. The van der Waals surface area contributed by atoms with Crippen molar-refractivity contribution in [1.82, 2.24) is 0 Å². The van der Waals surface area contributed by atoms with E-state index in [1.165, 1.54) is 88.0 Å². The molecule has 0 amide bonds. The first-order chi connectivity index (χ1) is 21.1. The van der Waals surface area contributed by atoms with Gasteiger partial charge in [-0.2, -0.15) is 0 Å². The molecule has 0 fully saturated rings. The molecule has 8 aromatic carbocycles. The highest BCUT2D eigenvalue weighted by atomic mass is 14.4. The summed E-state index contributed by atoms with van der Waals surface area (Å²) in [5.41, 5.74) is 13.2. The van der Waals surface area contributed by atoms with E-state index < -0.39 is 0 Å². The molecule has 0 heterocycles. The fourth-order valence-corrected chi connectivity index (χ4v) is 7.97. The molecule has 0 unspecified atom stereocenters. The first-order valence-corrected chi connectivity index (χ1v) is 15.2. The zero-order chi connectivity index (χ0) is 28.7. The number of rotatable bonds is 3. The standard InChI is InChI=1S/C43H30/c1-43(2)37-21-13-12-20-32(37)41-38(29-18-10-5-11-19-29)33-24-22-30-35(27-14-6-3-7-15-27)26-36(28-16-8-4-9-17-28)31-23-25-34(42(41)43)40(33)39(30)31/h3-26H,1-2H3. The van der Waals surface area contributed by atoms with E-state index in [-0.39, 0.29) is 5.41 Å². The molecule has 0 aromatic heterocycles. The highest BCUT2D eigenvalue weighted by molar-refractivity contribution is 6.32. The topological polar surface area (TPSA) is 0 Å². The van der Waals surface area contributed by atoms with Crippen molar-refractivity contribution in [3.05, 3.63) is 157 Å². The minimum atomic E-state index is -0.123. The van der Waals surface area contributed by atoms with Gasteiger partial charge in [0.15, 0.2) is 0 Å². The Morgan fingerprint density at radius 3 is 1.44 bits per heavy atom. The molecular formula is C43H30. The maximum Gasteiger partial charge on any atom is 0.0165 e. The molecular weight excluding hydrogens is 516 g/mol. The van der Waals surface area contributed by atoms with Crippen molar-refractivity contribution >= 4 is 32.3 Å². The molecule has 9 rings (SSSR count). The summed E-state index contributed by atoms with van der Waals surface area (Å²) < 4.78 is 0. The van der Waals surface area contributed by atoms with E-state index in [0.29, 0.717) is 0 Å². The summed E-state index contributed by atoms with van der Waals surface area (Å²) in [5.74, 6) is 0. The van der Waals surface area contributed by atoms with Crippen LogP contribution in [0.15, 0.2) is 146 Å². The van der Waals surface area contributed by atoms with Gasteiger partial charge in [0.05, 0.1) is 0 Å². The number of hydrogen-bond donors (Lipinski definition) is 0. The van der Waals surface area contributed by atoms with Crippen molar-refractivity contribution in [2.45, 2.75) is 19.3 Å². The third-order valence-electron chi connectivity index (χ3n) is 9.80. The van der Waals surface area contributed by atoms with Gasteiger partial charge in [-0.1, -0.05) is 153 Å². The maximum atomic E-state index is 2.42. The molecule has 0 N–H and O–H groups in total. The third-order valence-corrected chi connectivity index (χ3v) is 9.80. The third kappa shape index (κ3) is 3.32. The molecule has 0 bridgehead atoms. The summed E-state index contributed by atoms with van der Waals surface area (Å²) in [6, 6.07) is 53.9. The van der Waals surface area contributed by atoms with E-state index in [9.17, 15) is 0 Å². The lowest BCUT2D eigenvalue weighted by atomic mass is 9.76. The zero-order valence-corrected chi connectivity index (χ0v) is 24.4. The summed E-state index contributed by atoms with van der Waals surface area (Å²) in [7, 11) is 0. The van der Waals surface area contributed by atoms with Crippen LogP contribution in [0.5, 0.6) is 0 Å². The predicted molar refractivity (Wildman–Crippen MR) is 184 cm³/mol. The number of benzene rings is 8. The predicted octanol–water partition coefficient (Wildman–Crippen LogP) is 11.9. The first kappa shape index (κ1) is 24.4. The number of fused-ring (bicyclic) bond motifs is 4. The second-order valence-corrected chi connectivity index (χ2v) is 12.4. The Labute approximate surface area is 252 Å². The average Bonchev–Trinajstić information content (AvgIpc) is 3.31. The van der Waals surface area contributed by atoms with Gasteiger partial charge in [-0.25, -0.2) is 0 Å². The fourth-order valence-electron chi connectivity index (χ4n) is 7.97. The largest absolute Gasteiger partial charge is 0.0622 e. The van der Waals surface area contributed by atoms with Gasteiger partial charge in [0, 0.05) is 5.41 Å². The maximum absolute atomic E-state index is 2.42. The van der Waals surface area contributed by atoms with Gasteiger partial charge in [-0.15, -0.1) is 0 Å². The smallest absolute Gasteiger partial charge is 0.0165 e. The summed E-state index contributed by atoms with van der Waals surface area (Å²) in [4.78, 5) is 0. The van der Waals surface area contributed by atoms with Crippen molar-refractivity contribution in [2.75, 3.05) is 0 Å². The molecule has 0 atom stereocenters. The van der Waals surface area contributed by atoms with Crippen LogP contribution in [0.4, 0.5) is 0 Å². The van der Waals surface area contributed by atoms with Gasteiger partial charge >= 0.3 is 0 Å². The fraction of sp³-hybridized carbons (Fsp3) is 0.0698. The van der Waals surface area contributed by atoms with Gasteiger partial charge in [0.25, 0.3) is 0 Å². The van der Waals surface area contributed by atoms with Crippen molar-refractivity contribution in [1.29, 1.82) is 0 Å². The van der Waals surface area contributed by atoms with Crippen LogP contribution in [-0.4, -0.2) is 0 Å². The molecule has 0 heteroatoms. The van der Waals surface area contributed by atoms with Gasteiger partial charge in [-0.05, 0) is 94.0 Å². The van der Waals surface area contributed by atoms with Crippen molar-refractivity contribution in [3.8, 4) is 44.5 Å². The highest BCUT2D eigenvalue weighted by Crippen LogP contribution is 2.58. The molecule has 0 spiro atoms. The van der Waals surface area contributed by atoms with Crippen LogP contribution < -0.4 is 0 Å². The van der Waals surface area contributed by atoms with E-state index in [1.807, 2.05) is 0 Å². The van der Waals surface area contributed by atoms with Crippen molar-refractivity contribution in [2.24, 2.45) is 0 Å². The van der Waals surface area contributed by atoms with E-state index in [2.05, 4.69) is 159 Å². The lowest BCUT2D eigenvalue weighted by molar-refractivity contribution is 0.666. The normalized spacial score (nSPS) is 13.5. The van der Waals surface area contributed by atoms with Crippen molar-refractivity contribution < 1.29 is 0 Å². The lowest BCUT2D eigenvalue weighted by Crippen LogP contribution is -2.15. The SMILES string of the molecule is CC1(C)c2ccccc2-c2c(-c3ccccc3)c3ccc4c(-c5ccccc5)cc(-c5ccccc5)c5ccc(c21)c3c45. The van der Waals surface area contributed by atoms with Crippen molar-refractivity contribution in [3.63, 3.8) is 0 Å². The second kappa shape index (κ2) is 8.90. The molecule has 0 aliphatic heterocycles. The van der Waals surface area contributed by atoms with Crippen LogP contribution in [0.25, 0.3) is 76.8 Å². The van der Waals surface area contributed by atoms with E-state index in [1.54, 1.807) is 0 Å². The Hall–Kier alpha value is -5.20. The Bertz CT molecular complexity index is 2270. The summed E-state index contributed by atoms with van der Waals surface area (Å²) in [5, 5.41) is 8.06. The quantitative estimate of drug-likeness (QED) is 0.193. The molecule has 0 saturated carbocycles. The first-order valence-electron chi connectivity index (χ1n) is 15.2. The minimum absolute atomic E-state index is 0.123. The molecule has 0 saturated heterocycles. The van der Waals surface area contributed by atoms with Gasteiger partial charge in [-0.3, -0.25) is 0 Å². The molecule has 0 nitrogen and oxygen atoms in total. The Balaban J connectivity index is 1.54. The highest BCUT2D eigenvalue weighted by Gasteiger charge is 2.39. The minimum Gasteiger partial charge on any atom is -0.0622 e. The van der Waals surface area contributed by atoms with Crippen LogP contribution >= 0.6 is 0 Å². The lowest BCUT2D eigenvalue weighted by Gasteiger charge is -2.27. The molecule has 8 aromatic rings. The van der Waals surface area contributed by atoms with Crippen LogP contribution in [0.1, 0.15) is 25.0 Å². The van der Waals surface area contributed by atoms with E-state index in [4.69, 9.17) is 0 Å². The zero-order valence-electron chi connectivity index (χ0n) is 24.4. The summed E-state index contributed by atoms with van der Waals surface area (Å²) in [6.07, 6.45) is 0. The monoisotopic (exact) mass is 546 g/mol. The summed E-state index contributed by atoms with van der Waals surface area (Å²) >= 11 is 0. The van der Waals surface area contributed by atoms with Crippen LogP contribution in [-0.2, 0) is 5.41 Å². The van der Waals surface area contributed by atoms with Gasteiger partial charge in [0.1, 0.15) is 0 Å². The van der Waals surface area contributed by atoms with E-state index >= 15 is 0 Å². The molecule has 202 valence electrons. The van der Waals surface area contributed by atoms with Gasteiger partial charge < -0.3 is 0 Å². The van der Waals surface area contributed by atoms with Crippen LogP contribution in [0.2, 0.25) is 0 Å². The van der Waals surface area contributed by atoms with Gasteiger partial charge in [0.2, 0.25) is 0 Å².